The van der Waals surface area contributed by atoms with Gasteiger partial charge in [0, 0.05) is 5.69 Å². The van der Waals surface area contributed by atoms with Crippen molar-refractivity contribution in [2.75, 3.05) is 11.1 Å². The van der Waals surface area contributed by atoms with Gasteiger partial charge in [0.2, 0.25) is 0 Å². The fourth-order valence-corrected chi connectivity index (χ4v) is 1.60. The summed E-state index contributed by atoms with van der Waals surface area (Å²) in [6.45, 7) is 0. The van der Waals surface area contributed by atoms with E-state index in [1.807, 2.05) is 0 Å². The lowest BCUT2D eigenvalue weighted by Crippen LogP contribution is -2.19. The quantitative estimate of drug-likeness (QED) is 0.419. The number of hydrogen-bond acceptors (Lipinski definition) is 4. The summed E-state index contributed by atoms with van der Waals surface area (Å²) in [5, 5.41) is 2.21. The van der Waals surface area contributed by atoms with E-state index in [-0.39, 0.29) is 11.4 Å². The van der Waals surface area contributed by atoms with Crippen molar-refractivity contribution in [3.8, 4) is 0 Å². The van der Waals surface area contributed by atoms with Gasteiger partial charge in [0.1, 0.15) is 4.90 Å². The van der Waals surface area contributed by atoms with Gasteiger partial charge in [0.25, 0.3) is 10.1 Å². The van der Waals surface area contributed by atoms with E-state index in [1.165, 1.54) is 12.1 Å². The fraction of sp³-hybridized carbons (Fsp3) is 0. The van der Waals surface area contributed by atoms with Crippen LogP contribution in [-0.2, 0) is 10.1 Å². The molecular formula is C7H9N3O4S. The maximum Gasteiger partial charge on any atom is 0.316 e. The minimum Gasteiger partial charge on any atom is -0.398 e. The standard InChI is InChI=1S/C7H9N3O4S/c8-5-3-4(10-7(9)11)1-2-6(5)15(12,13)14/h1-3H,8H2,(H3,9,10,11)(H,12,13,14). The SMILES string of the molecule is NC(=O)Nc1ccc(S(=O)(=O)O)c(N)c1. The summed E-state index contributed by atoms with van der Waals surface area (Å²) in [5.74, 6) is 0. The first kappa shape index (κ1) is 11.3. The predicted octanol–water partition coefficient (Wildman–Crippen LogP) is 0.00610. The highest BCUT2D eigenvalue weighted by Crippen LogP contribution is 2.21. The third-order valence-electron chi connectivity index (χ3n) is 1.56. The Hall–Kier alpha value is -1.80. The Morgan fingerprint density at radius 2 is 2.00 bits per heavy atom. The van der Waals surface area contributed by atoms with Crippen LogP contribution in [0.4, 0.5) is 16.2 Å². The number of nitrogens with two attached hydrogens (primary N) is 2. The molecule has 1 aromatic rings. The van der Waals surface area contributed by atoms with E-state index in [0.29, 0.717) is 0 Å². The van der Waals surface area contributed by atoms with Crippen LogP contribution in [0.3, 0.4) is 0 Å². The molecule has 0 fully saturated rings. The molecule has 1 rings (SSSR count). The zero-order chi connectivity index (χ0) is 11.6. The zero-order valence-electron chi connectivity index (χ0n) is 7.47. The topological polar surface area (TPSA) is 136 Å². The van der Waals surface area contributed by atoms with E-state index in [1.54, 1.807) is 0 Å². The smallest absolute Gasteiger partial charge is 0.316 e. The molecule has 82 valence electrons. The molecule has 0 aliphatic heterocycles. The lowest BCUT2D eigenvalue weighted by molar-refractivity contribution is 0.259. The highest BCUT2D eigenvalue weighted by Gasteiger charge is 2.13. The number of rotatable bonds is 2. The first-order valence-corrected chi connectivity index (χ1v) is 5.18. The summed E-state index contributed by atoms with van der Waals surface area (Å²) in [5.41, 5.74) is 10.3. The van der Waals surface area contributed by atoms with Crippen LogP contribution >= 0.6 is 0 Å². The molecule has 0 saturated carbocycles. The van der Waals surface area contributed by atoms with Crippen LogP contribution in [0.25, 0.3) is 0 Å². The summed E-state index contributed by atoms with van der Waals surface area (Å²) in [7, 11) is -4.35. The van der Waals surface area contributed by atoms with Crippen LogP contribution in [0.1, 0.15) is 0 Å². The molecule has 1 aromatic carbocycles. The highest BCUT2D eigenvalue weighted by atomic mass is 32.2. The molecule has 15 heavy (non-hydrogen) atoms. The number of anilines is 2. The van der Waals surface area contributed by atoms with Gasteiger partial charge in [-0.25, -0.2) is 4.79 Å². The Morgan fingerprint density at radius 3 is 2.40 bits per heavy atom. The molecule has 0 saturated heterocycles. The molecule has 0 unspecified atom stereocenters. The van der Waals surface area contributed by atoms with Gasteiger partial charge in [-0.2, -0.15) is 8.42 Å². The minimum absolute atomic E-state index is 0.177. The summed E-state index contributed by atoms with van der Waals surface area (Å²) in [6.07, 6.45) is 0. The van der Waals surface area contributed by atoms with Gasteiger partial charge in [0.15, 0.2) is 0 Å². The maximum atomic E-state index is 10.8. The summed E-state index contributed by atoms with van der Waals surface area (Å²) in [4.78, 5) is 10.0. The lowest BCUT2D eigenvalue weighted by Gasteiger charge is -2.05. The summed E-state index contributed by atoms with van der Waals surface area (Å²) >= 11 is 0. The van der Waals surface area contributed by atoms with Gasteiger partial charge in [-0.3, -0.25) is 4.55 Å². The largest absolute Gasteiger partial charge is 0.398 e. The Morgan fingerprint density at radius 1 is 1.40 bits per heavy atom. The van der Waals surface area contributed by atoms with E-state index in [4.69, 9.17) is 16.0 Å². The molecule has 0 spiro atoms. The Labute approximate surface area is 85.8 Å². The van der Waals surface area contributed by atoms with Crippen molar-refractivity contribution in [2.24, 2.45) is 5.73 Å². The average Bonchev–Trinajstić information content (AvgIpc) is 1.99. The van der Waals surface area contributed by atoms with Crippen molar-refractivity contribution in [1.29, 1.82) is 0 Å². The van der Waals surface area contributed by atoms with Crippen LogP contribution in [0.15, 0.2) is 23.1 Å². The van der Waals surface area contributed by atoms with Gasteiger partial charge in [-0.15, -0.1) is 0 Å². The van der Waals surface area contributed by atoms with Crippen molar-refractivity contribution < 1.29 is 17.8 Å². The minimum atomic E-state index is -4.35. The van der Waals surface area contributed by atoms with E-state index in [2.05, 4.69) is 5.32 Å². The number of amides is 2. The Kier molecular flexibility index (Phi) is 2.82. The molecule has 0 atom stereocenters. The molecule has 0 heterocycles. The van der Waals surface area contributed by atoms with E-state index >= 15 is 0 Å². The van der Waals surface area contributed by atoms with E-state index in [0.717, 1.165) is 6.07 Å². The number of urea groups is 1. The second kappa shape index (κ2) is 3.75. The number of nitrogens with one attached hydrogen (secondary N) is 1. The van der Waals surface area contributed by atoms with Crippen LogP contribution < -0.4 is 16.8 Å². The number of carbonyl (C=O) groups excluding carboxylic acids is 1. The van der Waals surface area contributed by atoms with Crippen LogP contribution in [-0.4, -0.2) is 19.0 Å². The average molecular weight is 231 g/mol. The van der Waals surface area contributed by atoms with Crippen molar-refractivity contribution in [1.82, 2.24) is 0 Å². The number of carbonyl (C=O) groups is 1. The fourth-order valence-electron chi connectivity index (χ4n) is 1.00. The van der Waals surface area contributed by atoms with Gasteiger partial charge in [-0.1, -0.05) is 0 Å². The van der Waals surface area contributed by atoms with Crippen LogP contribution in [0, 0.1) is 0 Å². The Bertz CT molecular complexity index is 497. The van der Waals surface area contributed by atoms with Gasteiger partial charge < -0.3 is 16.8 Å². The molecule has 0 radical (unpaired) electrons. The summed E-state index contributed by atoms with van der Waals surface area (Å²) in [6, 6.07) is 2.70. The number of nitrogen functional groups attached to an aromatic ring is 1. The molecular weight excluding hydrogens is 222 g/mol. The van der Waals surface area contributed by atoms with Gasteiger partial charge in [-0.05, 0) is 18.2 Å². The molecule has 0 bridgehead atoms. The number of primary amides is 1. The summed E-state index contributed by atoms with van der Waals surface area (Å²) < 4.78 is 30.2. The molecule has 0 aromatic heterocycles. The molecule has 7 nitrogen and oxygen atoms in total. The molecule has 8 heteroatoms. The van der Waals surface area contributed by atoms with Crippen molar-refractivity contribution >= 4 is 27.5 Å². The van der Waals surface area contributed by atoms with Gasteiger partial charge >= 0.3 is 6.03 Å². The second-order valence-corrected chi connectivity index (χ2v) is 4.11. The predicted molar refractivity (Wildman–Crippen MR) is 53.9 cm³/mol. The normalized spacial score (nSPS) is 11.0. The number of benzene rings is 1. The third kappa shape index (κ3) is 2.82. The van der Waals surface area contributed by atoms with Crippen molar-refractivity contribution in [3.63, 3.8) is 0 Å². The van der Waals surface area contributed by atoms with E-state index in [9.17, 15) is 13.2 Å². The second-order valence-electron chi connectivity index (χ2n) is 2.72. The zero-order valence-corrected chi connectivity index (χ0v) is 8.28. The first-order valence-electron chi connectivity index (χ1n) is 3.74. The van der Waals surface area contributed by atoms with Crippen molar-refractivity contribution in [3.05, 3.63) is 18.2 Å². The van der Waals surface area contributed by atoms with Gasteiger partial charge in [0.05, 0.1) is 5.69 Å². The monoisotopic (exact) mass is 231 g/mol. The molecule has 0 aliphatic carbocycles. The molecule has 2 amide bonds. The maximum absolute atomic E-state index is 10.8. The Balaban J connectivity index is 3.15. The lowest BCUT2D eigenvalue weighted by atomic mass is 10.3. The first-order chi connectivity index (χ1) is 6.80. The molecule has 0 aliphatic rings. The third-order valence-corrected chi connectivity index (χ3v) is 2.48. The van der Waals surface area contributed by atoms with Crippen molar-refractivity contribution in [2.45, 2.75) is 4.90 Å². The van der Waals surface area contributed by atoms with Crippen LogP contribution in [0.2, 0.25) is 0 Å². The number of hydrogen-bond donors (Lipinski definition) is 4. The highest BCUT2D eigenvalue weighted by molar-refractivity contribution is 7.86. The van der Waals surface area contributed by atoms with E-state index < -0.39 is 21.0 Å². The molecule has 6 N–H and O–H groups in total. The van der Waals surface area contributed by atoms with Crippen LogP contribution in [0.5, 0.6) is 0 Å².